The Balaban J connectivity index is 4.44. The van der Waals surface area contributed by atoms with Crippen molar-refractivity contribution in [1.82, 2.24) is 0 Å². The zero-order valence-corrected chi connectivity index (χ0v) is 52.2. The fraction of sp³-hybridized carbons (Fsp3) is 0.613. The molecular weight excluding hydrogens is 997 g/mol. The molecule has 0 bridgehead atoms. The number of ether oxygens (including phenoxy) is 3. The van der Waals surface area contributed by atoms with Gasteiger partial charge in [0.2, 0.25) is 0 Å². The van der Waals surface area contributed by atoms with Crippen LogP contribution in [0.2, 0.25) is 0 Å². The summed E-state index contributed by atoms with van der Waals surface area (Å²) in [5, 5.41) is 0. The second-order valence-corrected chi connectivity index (χ2v) is 21.3. The van der Waals surface area contributed by atoms with Crippen LogP contribution in [0.3, 0.4) is 0 Å². The summed E-state index contributed by atoms with van der Waals surface area (Å²) in [4.78, 5) is 38.3. The van der Waals surface area contributed by atoms with Crippen molar-refractivity contribution in [2.24, 2.45) is 0 Å². The molecule has 0 heterocycles. The van der Waals surface area contributed by atoms with Crippen LogP contribution in [0.15, 0.2) is 158 Å². The van der Waals surface area contributed by atoms with Crippen LogP contribution in [-0.2, 0) is 28.6 Å². The monoisotopic (exact) mass is 1120 g/mol. The van der Waals surface area contributed by atoms with E-state index in [2.05, 4.69) is 179 Å². The van der Waals surface area contributed by atoms with E-state index in [-0.39, 0.29) is 37.5 Å². The first-order chi connectivity index (χ1) is 40.0. The minimum atomic E-state index is -0.831. The summed E-state index contributed by atoms with van der Waals surface area (Å²) >= 11 is 0. The Morgan fingerprint density at radius 1 is 0.259 bits per heavy atom. The van der Waals surface area contributed by atoms with E-state index in [9.17, 15) is 14.4 Å². The van der Waals surface area contributed by atoms with Crippen molar-refractivity contribution in [1.29, 1.82) is 0 Å². The maximum absolute atomic E-state index is 12.9. The first kappa shape index (κ1) is 76.0. The Kier molecular flexibility index (Phi) is 63.4. The van der Waals surface area contributed by atoms with Crippen molar-refractivity contribution >= 4 is 17.9 Å². The van der Waals surface area contributed by atoms with Crippen molar-refractivity contribution in [3.8, 4) is 0 Å². The molecule has 0 spiro atoms. The normalized spacial score (nSPS) is 13.2. The van der Waals surface area contributed by atoms with E-state index in [4.69, 9.17) is 14.2 Å². The molecule has 0 amide bonds. The maximum Gasteiger partial charge on any atom is 0.306 e. The van der Waals surface area contributed by atoms with Gasteiger partial charge in [0, 0.05) is 19.3 Å². The van der Waals surface area contributed by atoms with Gasteiger partial charge in [-0.15, -0.1) is 0 Å². The number of hydrogen-bond donors (Lipinski definition) is 0. The third-order valence-electron chi connectivity index (χ3n) is 13.5. The first-order valence-electron chi connectivity index (χ1n) is 33.0. The molecule has 6 heteroatoms. The van der Waals surface area contributed by atoms with Crippen LogP contribution in [0.1, 0.15) is 278 Å². The summed E-state index contributed by atoms with van der Waals surface area (Å²) in [5.41, 5.74) is 0. The minimum Gasteiger partial charge on any atom is -0.462 e. The van der Waals surface area contributed by atoms with Crippen molar-refractivity contribution in [3.63, 3.8) is 0 Å². The molecule has 0 aromatic heterocycles. The van der Waals surface area contributed by atoms with Gasteiger partial charge < -0.3 is 14.2 Å². The van der Waals surface area contributed by atoms with Gasteiger partial charge in [0.15, 0.2) is 6.10 Å². The second kappa shape index (κ2) is 67.5. The fourth-order valence-electron chi connectivity index (χ4n) is 8.63. The summed E-state index contributed by atoms with van der Waals surface area (Å²) in [5.74, 6) is -1.01. The SMILES string of the molecule is CC/C=C\C/C=C\C/C=C\C/C=C\C/C=C\C/C=C\C/C=C\CCCC(=O)OC(COC(=O)CCCCC/C=C\C/C=C\C/C=C\CC)COC(=O)CCCCCCCCCCCCCC/C=C\C/C=C\C/C=C\CCCCCCC. The first-order valence-corrected chi connectivity index (χ1v) is 33.0. The molecule has 1 atom stereocenters. The van der Waals surface area contributed by atoms with E-state index in [1.54, 1.807) is 0 Å². The lowest BCUT2D eigenvalue weighted by Gasteiger charge is -2.18. The molecule has 0 aromatic carbocycles. The molecule has 0 saturated heterocycles. The van der Waals surface area contributed by atoms with Gasteiger partial charge in [-0.3, -0.25) is 14.4 Å². The van der Waals surface area contributed by atoms with Crippen molar-refractivity contribution in [2.75, 3.05) is 13.2 Å². The molecule has 0 aliphatic rings. The van der Waals surface area contributed by atoms with Gasteiger partial charge in [-0.25, -0.2) is 0 Å². The molecular formula is C75H120O6. The molecule has 0 rings (SSSR count). The number of allylic oxidation sites excluding steroid dienone is 26. The second-order valence-electron chi connectivity index (χ2n) is 21.3. The standard InChI is InChI=1S/C75H120O6/c1-4-7-10-13-16-19-22-25-27-29-31-33-35-36-37-38-40-41-43-45-47-50-53-56-59-62-65-68-74(77)80-71-72(70-79-73(76)67-64-61-58-55-52-49-24-21-18-15-12-9-6-3)81-75(78)69-66-63-60-57-54-51-48-46-44-42-39-34-32-30-28-26-23-20-17-14-11-8-5-2/h8-9,11-12,17-18,20-22,25-26,28-29,31-32,34-36,42,44,48-49,51-52,57,60,72H,4-7,10,13-16,19,23-24,27,30,33,37-41,43,45-47,50,53-56,58-59,61-71H2,1-3H3/b11-8-,12-9-,20-17-,21-18-,25-22-,28-26-,31-29-,34-32-,36-35-,44-42-,51-48-,52-49-,60-57-. The molecule has 81 heavy (non-hydrogen) atoms. The van der Waals surface area contributed by atoms with Gasteiger partial charge in [-0.05, 0) is 141 Å². The van der Waals surface area contributed by atoms with Gasteiger partial charge in [-0.1, -0.05) is 275 Å². The van der Waals surface area contributed by atoms with Gasteiger partial charge in [0.1, 0.15) is 13.2 Å². The quantitative estimate of drug-likeness (QED) is 0.0261. The summed E-state index contributed by atoms with van der Waals surface area (Å²) in [6.07, 6.45) is 98.4. The van der Waals surface area contributed by atoms with Crippen LogP contribution in [0, 0.1) is 0 Å². The van der Waals surface area contributed by atoms with E-state index < -0.39 is 6.10 Å². The highest BCUT2D eigenvalue weighted by Gasteiger charge is 2.19. The predicted molar refractivity (Wildman–Crippen MR) is 352 cm³/mol. The van der Waals surface area contributed by atoms with Crippen LogP contribution in [0.4, 0.5) is 0 Å². The molecule has 0 aliphatic carbocycles. The van der Waals surface area contributed by atoms with Gasteiger partial charge in [0.05, 0.1) is 0 Å². The van der Waals surface area contributed by atoms with Crippen LogP contribution in [-0.4, -0.2) is 37.2 Å². The zero-order chi connectivity index (χ0) is 58.5. The highest BCUT2D eigenvalue weighted by atomic mass is 16.6. The number of esters is 3. The Morgan fingerprint density at radius 3 is 0.802 bits per heavy atom. The Morgan fingerprint density at radius 2 is 0.494 bits per heavy atom. The summed E-state index contributed by atoms with van der Waals surface area (Å²) in [6.45, 7) is 6.33. The molecule has 0 N–H and O–H groups in total. The lowest BCUT2D eigenvalue weighted by atomic mass is 10.0. The molecule has 1 unspecified atom stereocenters. The van der Waals surface area contributed by atoms with Crippen LogP contribution >= 0.6 is 0 Å². The number of hydrogen-bond acceptors (Lipinski definition) is 6. The van der Waals surface area contributed by atoms with E-state index in [0.717, 1.165) is 128 Å². The Bertz CT molecular complexity index is 1810. The van der Waals surface area contributed by atoms with E-state index in [1.165, 1.54) is 103 Å². The highest BCUT2D eigenvalue weighted by molar-refractivity contribution is 5.71. The lowest BCUT2D eigenvalue weighted by molar-refractivity contribution is -0.167. The molecule has 0 saturated carbocycles. The van der Waals surface area contributed by atoms with E-state index in [1.807, 2.05) is 0 Å². The minimum absolute atomic E-state index is 0.118. The largest absolute Gasteiger partial charge is 0.462 e. The van der Waals surface area contributed by atoms with Crippen LogP contribution in [0.25, 0.3) is 0 Å². The molecule has 0 aromatic rings. The number of carbonyl (C=O) groups excluding carboxylic acids is 3. The molecule has 6 nitrogen and oxygen atoms in total. The van der Waals surface area contributed by atoms with Crippen LogP contribution < -0.4 is 0 Å². The average Bonchev–Trinajstić information content (AvgIpc) is 3.46. The topological polar surface area (TPSA) is 78.9 Å². The third kappa shape index (κ3) is 65.7. The Labute approximate surface area is 499 Å². The van der Waals surface area contributed by atoms with Crippen LogP contribution in [0.5, 0.6) is 0 Å². The molecule has 0 fully saturated rings. The van der Waals surface area contributed by atoms with E-state index >= 15 is 0 Å². The summed E-state index contributed by atoms with van der Waals surface area (Å²) in [6, 6.07) is 0. The number of rotatable bonds is 58. The van der Waals surface area contributed by atoms with Gasteiger partial charge in [0.25, 0.3) is 0 Å². The van der Waals surface area contributed by atoms with Crippen molar-refractivity contribution < 1.29 is 28.6 Å². The van der Waals surface area contributed by atoms with E-state index in [0.29, 0.717) is 19.3 Å². The number of unbranched alkanes of at least 4 members (excludes halogenated alkanes) is 21. The average molecular weight is 1120 g/mol. The summed E-state index contributed by atoms with van der Waals surface area (Å²) < 4.78 is 16.8. The zero-order valence-electron chi connectivity index (χ0n) is 52.2. The third-order valence-corrected chi connectivity index (χ3v) is 13.5. The summed E-state index contributed by atoms with van der Waals surface area (Å²) in [7, 11) is 0. The molecule has 0 aliphatic heterocycles. The van der Waals surface area contributed by atoms with Gasteiger partial charge in [-0.2, -0.15) is 0 Å². The fourth-order valence-corrected chi connectivity index (χ4v) is 8.63. The predicted octanol–water partition coefficient (Wildman–Crippen LogP) is 22.9. The van der Waals surface area contributed by atoms with Gasteiger partial charge >= 0.3 is 17.9 Å². The molecule has 0 radical (unpaired) electrons. The van der Waals surface area contributed by atoms with Crippen molar-refractivity contribution in [2.45, 2.75) is 284 Å². The maximum atomic E-state index is 12.9. The number of carbonyl (C=O) groups is 3. The van der Waals surface area contributed by atoms with Crippen molar-refractivity contribution in [3.05, 3.63) is 158 Å². The highest BCUT2D eigenvalue weighted by Crippen LogP contribution is 2.15. The smallest absolute Gasteiger partial charge is 0.306 e. The molecule has 456 valence electrons. The Hall–Kier alpha value is -4.97. The lowest BCUT2D eigenvalue weighted by Crippen LogP contribution is -2.30.